The van der Waals surface area contributed by atoms with Crippen LogP contribution in [0.25, 0.3) is 10.9 Å². The number of hydrogen-bond donors (Lipinski definition) is 0. The van der Waals surface area contributed by atoms with Crippen LogP contribution in [0.15, 0.2) is 46.9 Å². The first-order valence-corrected chi connectivity index (χ1v) is 8.55. The third-order valence-electron chi connectivity index (χ3n) is 4.57. The van der Waals surface area contributed by atoms with Gasteiger partial charge in [0.25, 0.3) is 0 Å². The fourth-order valence-corrected chi connectivity index (χ4v) is 3.97. The average molecular weight is 358 g/mol. The van der Waals surface area contributed by atoms with Crippen molar-refractivity contribution in [2.45, 2.75) is 32.2 Å². The Labute approximate surface area is 137 Å². The Bertz CT molecular complexity index is 850. The van der Waals surface area contributed by atoms with Crippen molar-refractivity contribution >= 4 is 26.8 Å². The molecule has 0 aliphatic heterocycles. The van der Waals surface area contributed by atoms with Crippen LogP contribution < -0.4 is 0 Å². The molecule has 1 aromatic heterocycles. The van der Waals surface area contributed by atoms with E-state index in [1.54, 1.807) is 12.1 Å². The van der Waals surface area contributed by atoms with Crippen LogP contribution in [0.2, 0.25) is 0 Å². The molecule has 1 heterocycles. The molecule has 22 heavy (non-hydrogen) atoms. The molecule has 3 aromatic rings. The van der Waals surface area contributed by atoms with Crippen LogP contribution in [0.4, 0.5) is 4.39 Å². The molecule has 1 aliphatic rings. The van der Waals surface area contributed by atoms with Gasteiger partial charge in [0.15, 0.2) is 0 Å². The summed E-state index contributed by atoms with van der Waals surface area (Å²) in [4.78, 5) is 0. The lowest BCUT2D eigenvalue weighted by Crippen LogP contribution is -2.09. The molecule has 112 valence electrons. The molecule has 3 heteroatoms. The third kappa shape index (κ3) is 2.38. The van der Waals surface area contributed by atoms with Crippen molar-refractivity contribution in [1.82, 2.24) is 4.57 Å². The van der Waals surface area contributed by atoms with Crippen LogP contribution in [-0.4, -0.2) is 4.57 Å². The Morgan fingerprint density at radius 1 is 1.05 bits per heavy atom. The summed E-state index contributed by atoms with van der Waals surface area (Å²) >= 11 is 3.59. The molecule has 0 unspecified atom stereocenters. The molecule has 0 N–H and O–H groups in total. The highest BCUT2D eigenvalue weighted by atomic mass is 79.9. The Morgan fingerprint density at radius 2 is 1.91 bits per heavy atom. The summed E-state index contributed by atoms with van der Waals surface area (Å²) in [5, 5.41) is 1.35. The molecule has 0 amide bonds. The van der Waals surface area contributed by atoms with E-state index in [1.165, 1.54) is 41.1 Å². The minimum Gasteiger partial charge on any atom is -0.340 e. The monoisotopic (exact) mass is 357 g/mol. The molecular weight excluding hydrogens is 341 g/mol. The number of aryl methyl sites for hydroxylation is 1. The van der Waals surface area contributed by atoms with Gasteiger partial charge in [-0.05, 0) is 67.1 Å². The zero-order valence-electron chi connectivity index (χ0n) is 12.3. The van der Waals surface area contributed by atoms with Crippen molar-refractivity contribution in [3.05, 3.63) is 69.6 Å². The Kier molecular flexibility index (Phi) is 3.53. The minimum atomic E-state index is -0.162. The lowest BCUT2D eigenvalue weighted by atomic mass is 9.95. The first-order valence-electron chi connectivity index (χ1n) is 7.76. The second kappa shape index (κ2) is 5.54. The molecule has 1 nitrogen and oxygen atoms in total. The van der Waals surface area contributed by atoms with E-state index in [-0.39, 0.29) is 5.82 Å². The smallest absolute Gasteiger partial charge is 0.123 e. The van der Waals surface area contributed by atoms with Crippen LogP contribution in [0, 0.1) is 5.82 Å². The number of hydrogen-bond acceptors (Lipinski definition) is 0. The second-order valence-corrected chi connectivity index (χ2v) is 6.93. The van der Waals surface area contributed by atoms with Crippen LogP contribution in [0.5, 0.6) is 0 Å². The summed E-state index contributed by atoms with van der Waals surface area (Å²) in [6.07, 6.45) is 4.78. The van der Waals surface area contributed by atoms with Crippen LogP contribution in [-0.2, 0) is 19.4 Å². The SMILES string of the molecule is Fc1cccc(Cn2c3c(c4cc(Br)ccc42)CCCC3)c1. The molecule has 1 aliphatic carbocycles. The average Bonchev–Trinajstić information content (AvgIpc) is 2.81. The van der Waals surface area contributed by atoms with Gasteiger partial charge in [-0.1, -0.05) is 28.1 Å². The predicted octanol–water partition coefficient (Wildman–Crippen LogP) is 5.47. The molecule has 0 saturated carbocycles. The molecule has 4 rings (SSSR count). The fraction of sp³-hybridized carbons (Fsp3) is 0.263. The number of benzene rings is 2. The highest BCUT2D eigenvalue weighted by Crippen LogP contribution is 2.34. The summed E-state index contributed by atoms with van der Waals surface area (Å²) in [7, 11) is 0. The van der Waals surface area contributed by atoms with E-state index in [4.69, 9.17) is 0 Å². The van der Waals surface area contributed by atoms with Gasteiger partial charge >= 0.3 is 0 Å². The fourth-order valence-electron chi connectivity index (χ4n) is 3.61. The van der Waals surface area contributed by atoms with E-state index < -0.39 is 0 Å². The van der Waals surface area contributed by atoms with Gasteiger partial charge in [-0.15, -0.1) is 0 Å². The van der Waals surface area contributed by atoms with Gasteiger partial charge in [0.1, 0.15) is 5.82 Å². The second-order valence-electron chi connectivity index (χ2n) is 6.01. The van der Waals surface area contributed by atoms with Crippen molar-refractivity contribution in [2.75, 3.05) is 0 Å². The quantitative estimate of drug-likeness (QED) is 0.573. The zero-order chi connectivity index (χ0) is 15.1. The predicted molar refractivity (Wildman–Crippen MR) is 91.8 cm³/mol. The van der Waals surface area contributed by atoms with Gasteiger partial charge in [0.05, 0.1) is 0 Å². The lowest BCUT2D eigenvalue weighted by Gasteiger charge is -2.16. The summed E-state index contributed by atoms with van der Waals surface area (Å²) in [6.45, 7) is 0.741. The number of rotatable bonds is 2. The zero-order valence-corrected chi connectivity index (χ0v) is 13.9. The van der Waals surface area contributed by atoms with Crippen molar-refractivity contribution < 1.29 is 4.39 Å². The maximum absolute atomic E-state index is 13.5. The normalized spacial score (nSPS) is 14.3. The number of halogens is 2. The molecular formula is C19H17BrFN. The maximum Gasteiger partial charge on any atom is 0.123 e. The van der Waals surface area contributed by atoms with Gasteiger partial charge < -0.3 is 4.57 Å². The lowest BCUT2D eigenvalue weighted by molar-refractivity contribution is 0.618. The van der Waals surface area contributed by atoms with Crippen molar-refractivity contribution in [3.63, 3.8) is 0 Å². The number of aromatic nitrogens is 1. The standard InChI is InChI=1S/C19H17BrFN/c20-14-8-9-19-17(11-14)16-6-1-2-7-18(16)22(19)12-13-4-3-5-15(21)10-13/h3-5,8-11H,1-2,6-7,12H2. The molecule has 0 spiro atoms. The van der Waals surface area contributed by atoms with Gasteiger partial charge in [-0.25, -0.2) is 4.39 Å². The molecule has 0 saturated heterocycles. The van der Waals surface area contributed by atoms with Gasteiger partial charge in [0.2, 0.25) is 0 Å². The van der Waals surface area contributed by atoms with Crippen LogP contribution in [0.3, 0.4) is 0 Å². The third-order valence-corrected chi connectivity index (χ3v) is 5.06. The molecule has 2 aromatic carbocycles. The highest BCUT2D eigenvalue weighted by Gasteiger charge is 2.20. The summed E-state index contributed by atoms with van der Waals surface area (Å²) in [6, 6.07) is 13.4. The number of fused-ring (bicyclic) bond motifs is 3. The van der Waals surface area contributed by atoms with Gasteiger partial charge in [-0.2, -0.15) is 0 Å². The summed E-state index contributed by atoms with van der Waals surface area (Å²) in [5.41, 5.74) is 5.20. The molecule has 0 fully saturated rings. The molecule has 0 bridgehead atoms. The minimum absolute atomic E-state index is 0.162. The van der Waals surface area contributed by atoms with Crippen molar-refractivity contribution in [2.24, 2.45) is 0 Å². The van der Waals surface area contributed by atoms with E-state index in [0.717, 1.165) is 29.4 Å². The Morgan fingerprint density at radius 3 is 2.77 bits per heavy atom. The van der Waals surface area contributed by atoms with E-state index in [0.29, 0.717) is 0 Å². The first-order chi connectivity index (χ1) is 10.7. The van der Waals surface area contributed by atoms with Crippen molar-refractivity contribution in [3.8, 4) is 0 Å². The van der Waals surface area contributed by atoms with E-state index in [9.17, 15) is 4.39 Å². The van der Waals surface area contributed by atoms with Gasteiger partial charge in [-0.3, -0.25) is 0 Å². The molecule has 0 radical (unpaired) electrons. The molecule has 0 atom stereocenters. The summed E-state index contributed by atoms with van der Waals surface area (Å²) < 4.78 is 17.0. The first kappa shape index (κ1) is 14.0. The van der Waals surface area contributed by atoms with E-state index in [2.05, 4.69) is 38.7 Å². The van der Waals surface area contributed by atoms with Gasteiger partial charge in [0, 0.05) is 27.6 Å². The highest BCUT2D eigenvalue weighted by molar-refractivity contribution is 9.10. The number of nitrogens with zero attached hydrogens (tertiary/aromatic N) is 1. The maximum atomic E-state index is 13.5. The topological polar surface area (TPSA) is 4.93 Å². The van der Waals surface area contributed by atoms with Crippen molar-refractivity contribution in [1.29, 1.82) is 0 Å². The Hall–Kier alpha value is -1.61. The Balaban J connectivity index is 1.89. The van der Waals surface area contributed by atoms with E-state index >= 15 is 0 Å². The van der Waals surface area contributed by atoms with Crippen LogP contribution in [0.1, 0.15) is 29.7 Å². The van der Waals surface area contributed by atoms with Crippen LogP contribution >= 0.6 is 15.9 Å². The van der Waals surface area contributed by atoms with E-state index in [1.807, 2.05) is 6.07 Å². The summed E-state index contributed by atoms with van der Waals surface area (Å²) in [5.74, 6) is -0.162. The largest absolute Gasteiger partial charge is 0.340 e.